The van der Waals surface area contributed by atoms with Crippen LogP contribution in [0.4, 0.5) is 4.39 Å². The highest BCUT2D eigenvalue weighted by molar-refractivity contribution is 7.11. The molecule has 0 spiro atoms. The third-order valence-corrected chi connectivity index (χ3v) is 11.1. The Balaban J connectivity index is 1.08. The number of hydrogen-bond donors (Lipinski definition) is 4. The summed E-state index contributed by atoms with van der Waals surface area (Å²) in [5, 5.41) is 9.17. The van der Waals surface area contributed by atoms with Crippen LogP contribution in [0, 0.1) is 5.82 Å². The second-order valence-electron chi connectivity index (χ2n) is 13.0. The molecule has 4 N–H and O–H groups in total. The number of fused-ring (bicyclic) bond motifs is 5. The minimum atomic E-state index is -0.460. The van der Waals surface area contributed by atoms with Crippen LogP contribution >= 0.6 is 11.3 Å². The van der Waals surface area contributed by atoms with E-state index < -0.39 is 6.23 Å². The van der Waals surface area contributed by atoms with Crippen molar-refractivity contribution in [2.24, 2.45) is 0 Å². The van der Waals surface area contributed by atoms with E-state index in [-0.39, 0.29) is 17.9 Å². The van der Waals surface area contributed by atoms with Crippen molar-refractivity contribution in [1.29, 1.82) is 0 Å². The Morgan fingerprint density at radius 1 is 0.804 bits per heavy atom. The second kappa shape index (κ2) is 10.3. The average molecular weight is 633 g/mol. The number of nitrogens with zero attached hydrogens (tertiary/aromatic N) is 4. The standard InChI is InChI=1S/C35H33FN8OS/c36-22-12-20(26-16-40-33(43-26)24-4-2-10-38-24)14-29-31(22)28-13-21-11-19(25-15-39-32(42-25)23-3-1-9-37-23)7-8-27(21)44(28)35(45-29)30-17-41-34(46-30)18-5-6-18/h7-8,11-18,23-24,35,37-38H,1-6,9-10H2,(H,39,42)(H,40,43)/t23-,24?,35-/m0/s1. The summed E-state index contributed by atoms with van der Waals surface area (Å²) in [4.78, 5) is 22.1. The molecule has 3 atom stereocenters. The number of halogens is 1. The minimum absolute atomic E-state index is 0.206. The number of imidazole rings is 2. The predicted octanol–water partition coefficient (Wildman–Crippen LogP) is 7.35. The highest BCUT2D eigenvalue weighted by Gasteiger charge is 2.35. The van der Waals surface area contributed by atoms with Gasteiger partial charge >= 0.3 is 0 Å². The van der Waals surface area contributed by atoms with E-state index in [1.165, 1.54) is 12.8 Å². The van der Waals surface area contributed by atoms with Crippen molar-refractivity contribution < 1.29 is 9.13 Å². The zero-order chi connectivity index (χ0) is 30.4. The topological polar surface area (TPSA) is 108 Å². The van der Waals surface area contributed by atoms with Crippen LogP contribution in [0.5, 0.6) is 5.75 Å². The van der Waals surface area contributed by atoms with Crippen molar-refractivity contribution in [3.8, 4) is 39.5 Å². The van der Waals surface area contributed by atoms with Crippen LogP contribution in [0.2, 0.25) is 0 Å². The summed E-state index contributed by atoms with van der Waals surface area (Å²) >= 11 is 1.70. The van der Waals surface area contributed by atoms with Gasteiger partial charge in [0.15, 0.2) is 0 Å². The van der Waals surface area contributed by atoms with E-state index in [0.717, 1.165) is 93.9 Å². The van der Waals surface area contributed by atoms with E-state index in [1.54, 1.807) is 23.6 Å². The molecule has 10 rings (SSSR count). The molecule has 3 fully saturated rings. The van der Waals surface area contributed by atoms with Crippen LogP contribution in [0.15, 0.2) is 55.0 Å². The quantitative estimate of drug-likeness (QED) is 0.153. The van der Waals surface area contributed by atoms with Crippen molar-refractivity contribution in [2.75, 3.05) is 13.1 Å². The molecule has 1 aliphatic carbocycles. The molecule has 1 unspecified atom stereocenters. The second-order valence-corrected chi connectivity index (χ2v) is 14.1. The lowest BCUT2D eigenvalue weighted by Gasteiger charge is -2.29. The first-order chi connectivity index (χ1) is 22.7. The number of aromatic amines is 2. The van der Waals surface area contributed by atoms with Gasteiger partial charge in [-0.3, -0.25) is 4.57 Å². The van der Waals surface area contributed by atoms with Gasteiger partial charge in [-0.2, -0.15) is 0 Å². The Kier molecular flexibility index (Phi) is 6.04. The van der Waals surface area contributed by atoms with E-state index >= 15 is 4.39 Å². The van der Waals surface area contributed by atoms with Gasteiger partial charge in [0.05, 0.1) is 62.5 Å². The first-order valence-corrected chi connectivity index (χ1v) is 17.2. The Morgan fingerprint density at radius 3 is 2.24 bits per heavy atom. The number of ether oxygens (including phenoxy) is 1. The molecule has 4 aliphatic rings. The van der Waals surface area contributed by atoms with Crippen LogP contribution in [0.25, 0.3) is 44.7 Å². The van der Waals surface area contributed by atoms with E-state index in [4.69, 9.17) is 9.72 Å². The summed E-state index contributed by atoms with van der Waals surface area (Å²) < 4.78 is 25.2. The van der Waals surface area contributed by atoms with Gasteiger partial charge in [-0.1, -0.05) is 6.07 Å². The number of thiazole rings is 1. The summed E-state index contributed by atoms with van der Waals surface area (Å²) in [7, 11) is 0. The molecule has 0 radical (unpaired) electrons. The Hall–Kier alpha value is -4.32. The molecule has 46 heavy (non-hydrogen) atoms. The van der Waals surface area contributed by atoms with Crippen molar-refractivity contribution in [1.82, 2.24) is 40.1 Å². The van der Waals surface area contributed by atoms with Crippen LogP contribution in [0.1, 0.15) is 84.3 Å². The number of nitrogens with one attached hydrogen (secondary N) is 4. The molecule has 9 nitrogen and oxygen atoms in total. The lowest BCUT2D eigenvalue weighted by Crippen LogP contribution is -2.22. The summed E-state index contributed by atoms with van der Waals surface area (Å²) in [5.74, 6) is 2.61. The zero-order valence-corrected chi connectivity index (χ0v) is 26.0. The summed E-state index contributed by atoms with van der Waals surface area (Å²) in [5.41, 5.74) is 5.76. The average Bonchev–Trinajstić information content (AvgIpc) is 3.79. The minimum Gasteiger partial charge on any atom is -0.464 e. The maximum Gasteiger partial charge on any atom is 0.213 e. The fourth-order valence-corrected chi connectivity index (χ4v) is 8.49. The normalized spacial score (nSPS) is 22.3. The van der Waals surface area contributed by atoms with Crippen molar-refractivity contribution in [3.05, 3.63) is 82.3 Å². The van der Waals surface area contributed by atoms with Gasteiger partial charge in [-0.05, 0) is 81.9 Å². The molecule has 6 aromatic rings. The van der Waals surface area contributed by atoms with Crippen molar-refractivity contribution in [3.63, 3.8) is 0 Å². The van der Waals surface area contributed by atoms with Crippen molar-refractivity contribution >= 4 is 22.2 Å². The maximum absolute atomic E-state index is 16.3. The molecular formula is C35H33FN8OS. The Morgan fingerprint density at radius 2 is 1.54 bits per heavy atom. The van der Waals surface area contributed by atoms with Gasteiger partial charge in [-0.25, -0.2) is 19.3 Å². The third kappa shape index (κ3) is 4.36. The molecule has 232 valence electrons. The van der Waals surface area contributed by atoms with E-state index in [0.29, 0.717) is 22.8 Å². The fourth-order valence-electron chi connectivity index (χ4n) is 7.38. The van der Waals surface area contributed by atoms with Crippen LogP contribution in [0.3, 0.4) is 0 Å². The molecular weight excluding hydrogens is 600 g/mol. The van der Waals surface area contributed by atoms with Crippen LogP contribution in [-0.4, -0.2) is 42.6 Å². The fraction of sp³-hybridized carbons (Fsp3) is 0.343. The predicted molar refractivity (Wildman–Crippen MR) is 175 cm³/mol. The first-order valence-electron chi connectivity index (χ1n) is 16.3. The Bertz CT molecular complexity index is 2110. The number of rotatable bonds is 6. The van der Waals surface area contributed by atoms with Crippen molar-refractivity contribution in [2.45, 2.75) is 62.8 Å². The monoisotopic (exact) mass is 632 g/mol. The highest BCUT2D eigenvalue weighted by Crippen LogP contribution is 2.49. The number of H-pyrrole nitrogens is 2. The molecule has 3 aliphatic heterocycles. The molecule has 11 heteroatoms. The smallest absolute Gasteiger partial charge is 0.213 e. The zero-order valence-electron chi connectivity index (χ0n) is 25.1. The SMILES string of the molecule is Fc1cc(-c2cnc(C3CCCN3)[nH]2)cc2c1-c1cc3cc(-c4cnc([C@@H]5CCCN5)[nH]4)ccc3n1[C@H](c1cnc(C3CC3)s1)O2. The first kappa shape index (κ1) is 26.9. The molecule has 0 bridgehead atoms. The van der Waals surface area contributed by atoms with Gasteiger partial charge in [0.1, 0.15) is 23.2 Å². The largest absolute Gasteiger partial charge is 0.464 e. The van der Waals surface area contributed by atoms with Gasteiger partial charge in [0.25, 0.3) is 0 Å². The maximum atomic E-state index is 16.3. The van der Waals surface area contributed by atoms with Crippen LogP contribution < -0.4 is 15.4 Å². The molecule has 0 amide bonds. The third-order valence-electron chi connectivity index (χ3n) is 9.93. The summed E-state index contributed by atoms with van der Waals surface area (Å²) in [6, 6.07) is 12.5. The van der Waals surface area contributed by atoms with Gasteiger partial charge in [-0.15, -0.1) is 11.3 Å². The van der Waals surface area contributed by atoms with E-state index in [9.17, 15) is 0 Å². The lowest BCUT2D eigenvalue weighted by molar-refractivity contribution is 0.176. The van der Waals surface area contributed by atoms with Crippen LogP contribution in [-0.2, 0) is 0 Å². The Labute approximate surface area is 268 Å². The summed E-state index contributed by atoms with van der Waals surface area (Å²) in [6.07, 6.45) is 12.0. The molecule has 2 saturated heterocycles. The summed E-state index contributed by atoms with van der Waals surface area (Å²) in [6.45, 7) is 2.01. The molecule has 7 heterocycles. The molecule has 4 aromatic heterocycles. The van der Waals surface area contributed by atoms with E-state index in [1.807, 2.05) is 18.5 Å². The number of aromatic nitrogens is 6. The van der Waals surface area contributed by atoms with Gasteiger partial charge < -0.3 is 25.3 Å². The number of benzene rings is 2. The molecule has 1 saturated carbocycles. The molecule has 2 aromatic carbocycles. The lowest BCUT2D eigenvalue weighted by atomic mass is 10.0. The highest BCUT2D eigenvalue weighted by atomic mass is 32.1. The van der Waals surface area contributed by atoms with Gasteiger partial charge in [0.2, 0.25) is 6.23 Å². The van der Waals surface area contributed by atoms with E-state index in [2.05, 4.69) is 59.4 Å². The van der Waals surface area contributed by atoms with Gasteiger partial charge in [0, 0.05) is 28.6 Å². The number of hydrogen-bond acceptors (Lipinski definition) is 7.